The van der Waals surface area contributed by atoms with Crippen LogP contribution in [0.1, 0.15) is 12.0 Å². The predicted octanol–water partition coefficient (Wildman–Crippen LogP) is 4.95. The monoisotopic (exact) mass is 396 g/mol. The number of hydrogen-bond acceptors (Lipinski definition) is 2. The van der Waals surface area contributed by atoms with Gasteiger partial charge in [-0.15, -0.1) is 0 Å². The lowest BCUT2D eigenvalue weighted by atomic mass is 10.1. The van der Waals surface area contributed by atoms with Crippen molar-refractivity contribution in [2.45, 2.75) is 13.3 Å². The van der Waals surface area contributed by atoms with Crippen LogP contribution in [-0.4, -0.2) is 18.4 Å². The number of benzene rings is 2. The van der Waals surface area contributed by atoms with Crippen LogP contribution in [0.2, 0.25) is 15.1 Å². The van der Waals surface area contributed by atoms with Crippen LogP contribution >= 0.6 is 34.8 Å². The third kappa shape index (κ3) is 3.76. The van der Waals surface area contributed by atoms with E-state index in [9.17, 15) is 9.59 Å². The topological polar surface area (TPSA) is 49.4 Å². The third-order valence-corrected chi connectivity index (χ3v) is 5.19. The summed E-state index contributed by atoms with van der Waals surface area (Å²) in [6, 6.07) is 10.2. The molecule has 1 atom stereocenters. The molecule has 0 unspecified atom stereocenters. The molecule has 3 rings (SSSR count). The summed E-state index contributed by atoms with van der Waals surface area (Å²) in [5, 5.41) is 4.20. The normalized spacial score (nSPS) is 17.0. The quantitative estimate of drug-likeness (QED) is 0.797. The van der Waals surface area contributed by atoms with E-state index >= 15 is 0 Å². The van der Waals surface area contributed by atoms with Crippen molar-refractivity contribution in [1.82, 2.24) is 0 Å². The predicted molar refractivity (Wildman–Crippen MR) is 102 cm³/mol. The Morgan fingerprint density at radius 2 is 1.92 bits per heavy atom. The van der Waals surface area contributed by atoms with Gasteiger partial charge in [0.1, 0.15) is 0 Å². The molecule has 1 fully saturated rings. The van der Waals surface area contributed by atoms with E-state index in [4.69, 9.17) is 34.8 Å². The van der Waals surface area contributed by atoms with Crippen molar-refractivity contribution in [3.8, 4) is 0 Å². The van der Waals surface area contributed by atoms with Gasteiger partial charge in [0.25, 0.3) is 0 Å². The maximum absolute atomic E-state index is 12.5. The molecule has 1 saturated heterocycles. The lowest BCUT2D eigenvalue weighted by Crippen LogP contribution is -2.28. The molecule has 2 aromatic carbocycles. The fourth-order valence-corrected chi connectivity index (χ4v) is 3.34. The first-order valence-electron chi connectivity index (χ1n) is 7.68. The highest BCUT2D eigenvalue weighted by molar-refractivity contribution is 6.35. The minimum absolute atomic E-state index is 0.109. The number of rotatable bonds is 3. The van der Waals surface area contributed by atoms with Gasteiger partial charge in [-0.2, -0.15) is 0 Å². The number of carbonyl (C=O) groups excluding carboxylic acids is 2. The largest absolute Gasteiger partial charge is 0.324 e. The molecule has 0 aliphatic carbocycles. The molecular weight excluding hydrogens is 383 g/mol. The van der Waals surface area contributed by atoms with E-state index in [0.717, 1.165) is 11.3 Å². The maximum atomic E-state index is 12.5. The van der Waals surface area contributed by atoms with Crippen LogP contribution in [0.15, 0.2) is 36.4 Å². The summed E-state index contributed by atoms with van der Waals surface area (Å²) in [5.74, 6) is -0.844. The molecule has 0 bridgehead atoms. The molecule has 4 nitrogen and oxygen atoms in total. The first kappa shape index (κ1) is 18.1. The average molecular weight is 398 g/mol. The molecule has 1 heterocycles. The van der Waals surface area contributed by atoms with Crippen LogP contribution in [0, 0.1) is 12.8 Å². The third-order valence-electron chi connectivity index (χ3n) is 4.21. The van der Waals surface area contributed by atoms with Crippen LogP contribution in [0.5, 0.6) is 0 Å². The van der Waals surface area contributed by atoms with Gasteiger partial charge in [-0.05, 0) is 42.8 Å². The fourth-order valence-electron chi connectivity index (χ4n) is 2.83. The van der Waals surface area contributed by atoms with Gasteiger partial charge in [0, 0.05) is 28.7 Å². The zero-order chi connectivity index (χ0) is 18.1. The first-order chi connectivity index (χ1) is 11.9. The SMILES string of the molecule is Cc1c(Cl)cccc1N1C[C@H](C(=O)Nc2cc(Cl)ccc2Cl)CC1=O. The van der Waals surface area contributed by atoms with Crippen molar-refractivity contribution in [2.24, 2.45) is 5.92 Å². The Kier molecular flexibility index (Phi) is 5.23. The zero-order valence-electron chi connectivity index (χ0n) is 13.4. The molecule has 0 saturated carbocycles. The Labute approximate surface area is 160 Å². The summed E-state index contributed by atoms with van der Waals surface area (Å²) in [6.07, 6.45) is 0.135. The van der Waals surface area contributed by atoms with Crippen molar-refractivity contribution in [1.29, 1.82) is 0 Å². The highest BCUT2D eigenvalue weighted by atomic mass is 35.5. The molecule has 1 N–H and O–H groups in total. The number of anilines is 2. The second kappa shape index (κ2) is 7.24. The average Bonchev–Trinajstić information content (AvgIpc) is 2.95. The molecule has 0 radical (unpaired) electrons. The number of nitrogens with zero attached hydrogens (tertiary/aromatic N) is 1. The van der Waals surface area contributed by atoms with E-state index in [0.29, 0.717) is 27.3 Å². The minimum atomic E-state index is -0.471. The second-order valence-corrected chi connectivity index (χ2v) is 7.15. The standard InChI is InChI=1S/C18H15Cl3N2O2/c1-10-13(20)3-2-4-16(10)23-9-11(7-17(23)24)18(25)22-15-8-12(19)5-6-14(15)21/h2-6,8,11H,7,9H2,1H3,(H,22,25)/t11-/m1/s1. The van der Waals surface area contributed by atoms with Gasteiger partial charge in [-0.25, -0.2) is 0 Å². The molecule has 130 valence electrons. The Morgan fingerprint density at radius 3 is 2.68 bits per heavy atom. The van der Waals surface area contributed by atoms with E-state index in [1.807, 2.05) is 13.0 Å². The van der Waals surface area contributed by atoms with Crippen molar-refractivity contribution in [3.63, 3.8) is 0 Å². The van der Waals surface area contributed by atoms with Crippen molar-refractivity contribution >= 4 is 58.0 Å². The van der Waals surface area contributed by atoms with Crippen LogP contribution in [0.25, 0.3) is 0 Å². The van der Waals surface area contributed by atoms with Gasteiger partial charge in [0.2, 0.25) is 11.8 Å². The van der Waals surface area contributed by atoms with E-state index in [2.05, 4.69) is 5.32 Å². The van der Waals surface area contributed by atoms with Gasteiger partial charge >= 0.3 is 0 Å². The summed E-state index contributed by atoms with van der Waals surface area (Å²) in [5.41, 5.74) is 1.98. The summed E-state index contributed by atoms with van der Waals surface area (Å²) in [4.78, 5) is 26.5. The lowest BCUT2D eigenvalue weighted by molar-refractivity contribution is -0.122. The fraction of sp³-hybridized carbons (Fsp3) is 0.222. The van der Waals surface area contributed by atoms with Crippen LogP contribution in [0.3, 0.4) is 0 Å². The Morgan fingerprint density at radius 1 is 1.16 bits per heavy atom. The first-order valence-corrected chi connectivity index (χ1v) is 8.81. The summed E-state index contributed by atoms with van der Waals surface area (Å²) in [6.45, 7) is 2.15. The van der Waals surface area contributed by atoms with E-state index in [-0.39, 0.29) is 18.2 Å². The molecule has 1 aliphatic rings. The van der Waals surface area contributed by atoms with Gasteiger partial charge in [0.15, 0.2) is 0 Å². The van der Waals surface area contributed by atoms with Gasteiger partial charge in [-0.1, -0.05) is 40.9 Å². The number of amides is 2. The maximum Gasteiger partial charge on any atom is 0.229 e. The van der Waals surface area contributed by atoms with Crippen molar-refractivity contribution in [3.05, 3.63) is 57.0 Å². The lowest BCUT2D eigenvalue weighted by Gasteiger charge is -2.19. The molecule has 25 heavy (non-hydrogen) atoms. The second-order valence-electron chi connectivity index (χ2n) is 5.90. The summed E-state index contributed by atoms with van der Waals surface area (Å²) >= 11 is 18.1. The van der Waals surface area contributed by atoms with Gasteiger partial charge in [-0.3, -0.25) is 9.59 Å². The summed E-state index contributed by atoms with van der Waals surface area (Å²) < 4.78 is 0. The zero-order valence-corrected chi connectivity index (χ0v) is 15.6. The molecule has 0 aromatic heterocycles. The Balaban J connectivity index is 1.77. The summed E-state index contributed by atoms with van der Waals surface area (Å²) in [7, 11) is 0. The highest BCUT2D eigenvalue weighted by Crippen LogP contribution is 2.32. The van der Waals surface area contributed by atoms with Crippen LogP contribution < -0.4 is 10.2 Å². The molecule has 2 amide bonds. The van der Waals surface area contributed by atoms with Crippen LogP contribution in [-0.2, 0) is 9.59 Å². The Hall–Kier alpha value is -1.75. The van der Waals surface area contributed by atoms with E-state index < -0.39 is 5.92 Å². The minimum Gasteiger partial charge on any atom is -0.324 e. The van der Waals surface area contributed by atoms with Gasteiger partial charge in [0.05, 0.1) is 16.6 Å². The smallest absolute Gasteiger partial charge is 0.229 e. The number of carbonyl (C=O) groups is 2. The van der Waals surface area contributed by atoms with E-state index in [1.54, 1.807) is 35.2 Å². The number of hydrogen-bond donors (Lipinski definition) is 1. The molecule has 7 heteroatoms. The molecule has 2 aromatic rings. The van der Waals surface area contributed by atoms with Crippen LogP contribution in [0.4, 0.5) is 11.4 Å². The molecule has 0 spiro atoms. The van der Waals surface area contributed by atoms with Gasteiger partial charge < -0.3 is 10.2 Å². The van der Waals surface area contributed by atoms with E-state index in [1.165, 1.54) is 0 Å². The number of halogens is 3. The highest BCUT2D eigenvalue weighted by Gasteiger charge is 2.36. The number of nitrogens with one attached hydrogen (secondary N) is 1. The van der Waals surface area contributed by atoms with Crippen molar-refractivity contribution in [2.75, 3.05) is 16.8 Å². The van der Waals surface area contributed by atoms with Crippen molar-refractivity contribution < 1.29 is 9.59 Å². The molecular formula is C18H15Cl3N2O2. The molecule has 1 aliphatic heterocycles. The Bertz CT molecular complexity index is 854.